The van der Waals surface area contributed by atoms with Crippen molar-refractivity contribution >= 4 is 23.2 Å². The Bertz CT molecular complexity index is 1100. The second-order valence-electron chi connectivity index (χ2n) is 7.79. The standard InChI is InChI=1S/C22H23N5O3S/c1-15-7-12-31-20(15)22(29)26-10-8-25(9-11-26)21(28)19-17-14-30-18(13-27(17)24-23-19)16-5-3-2-4-6-16/h2-7,12,18H,8-11,13-14H2,1H3. The van der Waals surface area contributed by atoms with E-state index < -0.39 is 0 Å². The van der Waals surface area contributed by atoms with E-state index in [0.717, 1.165) is 16.0 Å². The third-order valence-corrected chi connectivity index (χ3v) is 6.89. The second kappa shape index (κ2) is 8.24. The first-order chi connectivity index (χ1) is 15.1. The molecule has 1 saturated heterocycles. The van der Waals surface area contributed by atoms with Crippen LogP contribution in [-0.2, 0) is 17.9 Å². The van der Waals surface area contributed by atoms with Crippen molar-refractivity contribution in [2.24, 2.45) is 0 Å². The van der Waals surface area contributed by atoms with Crippen molar-refractivity contribution in [3.8, 4) is 0 Å². The fourth-order valence-corrected chi connectivity index (χ4v) is 4.94. The molecule has 3 aromatic rings. The lowest BCUT2D eigenvalue weighted by Gasteiger charge is -2.34. The van der Waals surface area contributed by atoms with E-state index in [0.29, 0.717) is 50.7 Å². The molecule has 8 nitrogen and oxygen atoms in total. The van der Waals surface area contributed by atoms with Crippen molar-refractivity contribution in [2.45, 2.75) is 26.2 Å². The molecule has 0 saturated carbocycles. The Hall–Kier alpha value is -3.04. The highest BCUT2D eigenvalue weighted by atomic mass is 32.1. The number of carbonyl (C=O) groups excluding carboxylic acids is 2. The summed E-state index contributed by atoms with van der Waals surface area (Å²) in [6, 6.07) is 11.9. The predicted molar refractivity (Wildman–Crippen MR) is 115 cm³/mol. The summed E-state index contributed by atoms with van der Waals surface area (Å²) >= 11 is 1.46. The van der Waals surface area contributed by atoms with Gasteiger partial charge in [-0.3, -0.25) is 9.59 Å². The normalized spacial score (nSPS) is 18.7. The Kier molecular flexibility index (Phi) is 5.29. The molecule has 0 spiro atoms. The van der Waals surface area contributed by atoms with Crippen molar-refractivity contribution in [1.29, 1.82) is 0 Å². The molecule has 0 aliphatic carbocycles. The van der Waals surface area contributed by atoms with Crippen molar-refractivity contribution < 1.29 is 14.3 Å². The van der Waals surface area contributed by atoms with E-state index in [-0.39, 0.29) is 17.9 Å². The first kappa shape index (κ1) is 19.9. The zero-order chi connectivity index (χ0) is 21.4. The van der Waals surface area contributed by atoms with Gasteiger partial charge < -0.3 is 14.5 Å². The van der Waals surface area contributed by atoms with Crippen LogP contribution >= 0.6 is 11.3 Å². The maximum atomic E-state index is 13.1. The smallest absolute Gasteiger partial charge is 0.276 e. The molecule has 2 amide bonds. The fourth-order valence-electron chi connectivity index (χ4n) is 4.04. The fraction of sp³-hybridized carbons (Fsp3) is 0.364. The van der Waals surface area contributed by atoms with Gasteiger partial charge in [-0.1, -0.05) is 35.5 Å². The number of aryl methyl sites for hydroxylation is 1. The highest BCUT2D eigenvalue weighted by molar-refractivity contribution is 7.12. The first-order valence-corrected chi connectivity index (χ1v) is 11.2. The molecule has 2 aromatic heterocycles. The van der Waals surface area contributed by atoms with E-state index >= 15 is 0 Å². The number of fused-ring (bicyclic) bond motifs is 1. The van der Waals surface area contributed by atoms with E-state index in [4.69, 9.17) is 4.74 Å². The average Bonchev–Trinajstić information content (AvgIpc) is 3.44. The minimum atomic E-state index is -0.151. The summed E-state index contributed by atoms with van der Waals surface area (Å²) in [7, 11) is 0. The van der Waals surface area contributed by atoms with Crippen molar-refractivity contribution in [1.82, 2.24) is 24.8 Å². The van der Waals surface area contributed by atoms with Gasteiger partial charge in [0.15, 0.2) is 5.69 Å². The summed E-state index contributed by atoms with van der Waals surface area (Å²) in [5.74, 6) is -0.108. The van der Waals surface area contributed by atoms with E-state index in [1.54, 1.807) is 9.58 Å². The van der Waals surface area contributed by atoms with Crippen LogP contribution in [-0.4, -0.2) is 62.8 Å². The van der Waals surface area contributed by atoms with Crippen LogP contribution in [0.2, 0.25) is 0 Å². The van der Waals surface area contributed by atoms with Gasteiger partial charge in [0.05, 0.1) is 23.7 Å². The average molecular weight is 438 g/mol. The highest BCUT2D eigenvalue weighted by Gasteiger charge is 2.32. The molecule has 2 aliphatic rings. The quantitative estimate of drug-likeness (QED) is 0.629. The lowest BCUT2D eigenvalue weighted by Crippen LogP contribution is -2.50. The van der Waals surface area contributed by atoms with Gasteiger partial charge in [0, 0.05) is 26.2 Å². The number of aromatic nitrogens is 3. The van der Waals surface area contributed by atoms with Crippen LogP contribution in [0.4, 0.5) is 0 Å². The third kappa shape index (κ3) is 3.75. The number of hydrogen-bond donors (Lipinski definition) is 0. The Morgan fingerprint density at radius 3 is 2.42 bits per heavy atom. The van der Waals surface area contributed by atoms with Gasteiger partial charge in [0.1, 0.15) is 6.10 Å². The Labute approximate surface area is 184 Å². The van der Waals surface area contributed by atoms with Gasteiger partial charge in [-0.15, -0.1) is 16.4 Å². The molecule has 9 heteroatoms. The summed E-state index contributed by atoms with van der Waals surface area (Å²) in [6.07, 6.45) is -0.103. The number of rotatable bonds is 3. The number of piperazine rings is 1. The number of carbonyl (C=O) groups is 2. The summed E-state index contributed by atoms with van der Waals surface area (Å²) in [5, 5.41) is 10.3. The molecule has 5 rings (SSSR count). The molecule has 1 unspecified atom stereocenters. The largest absolute Gasteiger partial charge is 0.365 e. The molecule has 0 N–H and O–H groups in total. The number of benzene rings is 1. The lowest BCUT2D eigenvalue weighted by molar-refractivity contribution is -0.00202. The Balaban J connectivity index is 1.24. The summed E-state index contributed by atoms with van der Waals surface area (Å²) in [6.45, 7) is 4.76. The van der Waals surface area contributed by atoms with Gasteiger partial charge in [-0.2, -0.15) is 0 Å². The minimum absolute atomic E-state index is 0.0426. The predicted octanol–water partition coefficient (Wildman–Crippen LogP) is 2.52. The summed E-state index contributed by atoms with van der Waals surface area (Å²) in [4.78, 5) is 30.2. The van der Waals surface area contributed by atoms with E-state index in [1.165, 1.54) is 11.3 Å². The van der Waals surface area contributed by atoms with Crippen LogP contribution in [0.1, 0.15) is 43.1 Å². The number of ether oxygens (including phenoxy) is 1. The van der Waals surface area contributed by atoms with E-state index in [9.17, 15) is 9.59 Å². The zero-order valence-electron chi connectivity index (χ0n) is 17.2. The number of hydrogen-bond acceptors (Lipinski definition) is 6. The molecule has 0 bridgehead atoms. The van der Waals surface area contributed by atoms with Gasteiger partial charge in [0.2, 0.25) is 0 Å². The molecule has 1 aromatic carbocycles. The molecule has 1 fully saturated rings. The SMILES string of the molecule is Cc1ccsc1C(=O)N1CCN(C(=O)c2nnn3c2COC(c2ccccc2)C3)CC1. The van der Waals surface area contributed by atoms with Crippen LogP contribution < -0.4 is 0 Å². The lowest BCUT2D eigenvalue weighted by atomic mass is 10.1. The molecule has 1 atom stereocenters. The van der Waals surface area contributed by atoms with Crippen LogP contribution in [0, 0.1) is 6.92 Å². The zero-order valence-corrected chi connectivity index (χ0v) is 18.0. The van der Waals surface area contributed by atoms with Crippen molar-refractivity contribution in [2.75, 3.05) is 26.2 Å². The number of thiophene rings is 1. The van der Waals surface area contributed by atoms with Crippen LogP contribution in [0.25, 0.3) is 0 Å². The second-order valence-corrected chi connectivity index (χ2v) is 8.71. The summed E-state index contributed by atoms with van der Waals surface area (Å²) < 4.78 is 7.78. The maximum absolute atomic E-state index is 13.1. The third-order valence-electron chi connectivity index (χ3n) is 5.88. The molecule has 31 heavy (non-hydrogen) atoms. The van der Waals surface area contributed by atoms with Gasteiger partial charge in [-0.25, -0.2) is 4.68 Å². The highest BCUT2D eigenvalue weighted by Crippen LogP contribution is 2.27. The van der Waals surface area contributed by atoms with Gasteiger partial charge in [-0.05, 0) is 29.5 Å². The minimum Gasteiger partial charge on any atom is -0.365 e. The molecule has 4 heterocycles. The van der Waals surface area contributed by atoms with Crippen LogP contribution in [0.15, 0.2) is 41.8 Å². The van der Waals surface area contributed by atoms with Gasteiger partial charge in [0.25, 0.3) is 11.8 Å². The van der Waals surface area contributed by atoms with Crippen LogP contribution in [0.3, 0.4) is 0 Å². The van der Waals surface area contributed by atoms with E-state index in [2.05, 4.69) is 10.3 Å². The molecule has 2 aliphatic heterocycles. The summed E-state index contributed by atoms with van der Waals surface area (Å²) in [5.41, 5.74) is 3.14. The van der Waals surface area contributed by atoms with Crippen molar-refractivity contribution in [3.63, 3.8) is 0 Å². The molecule has 160 valence electrons. The topological polar surface area (TPSA) is 80.6 Å². The van der Waals surface area contributed by atoms with Crippen molar-refractivity contribution in [3.05, 3.63) is 69.2 Å². The number of amides is 2. The van der Waals surface area contributed by atoms with E-state index in [1.807, 2.05) is 53.6 Å². The molecular formula is C22H23N5O3S. The van der Waals surface area contributed by atoms with Gasteiger partial charge >= 0.3 is 0 Å². The Morgan fingerprint density at radius 2 is 1.74 bits per heavy atom. The molecular weight excluding hydrogens is 414 g/mol. The Morgan fingerprint density at radius 1 is 1.03 bits per heavy atom. The number of nitrogens with zero attached hydrogens (tertiary/aromatic N) is 5. The molecule has 0 radical (unpaired) electrons. The van der Waals surface area contributed by atoms with Crippen LogP contribution in [0.5, 0.6) is 0 Å². The maximum Gasteiger partial charge on any atom is 0.276 e. The first-order valence-electron chi connectivity index (χ1n) is 10.3. The monoisotopic (exact) mass is 437 g/mol.